The van der Waals surface area contributed by atoms with Crippen molar-refractivity contribution in [3.63, 3.8) is 0 Å². The van der Waals surface area contributed by atoms with E-state index in [0.29, 0.717) is 6.42 Å². The van der Waals surface area contributed by atoms with Crippen molar-refractivity contribution in [3.05, 3.63) is 58.1 Å². The minimum atomic E-state index is 0.169. The van der Waals surface area contributed by atoms with Crippen LogP contribution in [0.1, 0.15) is 24.0 Å². The Hall–Kier alpha value is -1.81. The Kier molecular flexibility index (Phi) is 4.48. The van der Waals surface area contributed by atoms with Crippen LogP contribution in [0.15, 0.2) is 46.9 Å². The molecule has 4 heteroatoms. The number of halogens is 1. The van der Waals surface area contributed by atoms with Gasteiger partial charge in [0, 0.05) is 28.8 Å². The molecular formula is C18H19BrN2O. The highest BCUT2D eigenvalue weighted by Crippen LogP contribution is 2.31. The van der Waals surface area contributed by atoms with Crippen molar-refractivity contribution in [3.8, 4) is 0 Å². The van der Waals surface area contributed by atoms with Gasteiger partial charge in [-0.15, -0.1) is 0 Å². The molecule has 22 heavy (non-hydrogen) atoms. The van der Waals surface area contributed by atoms with E-state index in [9.17, 15) is 4.79 Å². The average molecular weight is 359 g/mol. The number of carbonyl (C=O) groups is 1. The van der Waals surface area contributed by atoms with E-state index in [4.69, 9.17) is 5.73 Å². The van der Waals surface area contributed by atoms with Crippen molar-refractivity contribution in [1.82, 2.24) is 0 Å². The van der Waals surface area contributed by atoms with Crippen LogP contribution >= 0.6 is 15.9 Å². The summed E-state index contributed by atoms with van der Waals surface area (Å²) in [4.78, 5) is 14.5. The third kappa shape index (κ3) is 3.02. The Labute approximate surface area is 139 Å². The minimum Gasteiger partial charge on any atom is -0.398 e. The first-order valence-corrected chi connectivity index (χ1v) is 8.37. The molecule has 1 amide bonds. The Morgan fingerprint density at radius 1 is 1.18 bits per heavy atom. The molecule has 0 atom stereocenters. The van der Waals surface area contributed by atoms with Crippen molar-refractivity contribution in [2.45, 2.75) is 25.7 Å². The molecular weight excluding hydrogens is 340 g/mol. The van der Waals surface area contributed by atoms with Crippen LogP contribution in [-0.4, -0.2) is 12.5 Å². The molecule has 0 radical (unpaired) electrons. The maximum absolute atomic E-state index is 12.6. The SMILES string of the molecule is Nc1cccc2c1CCCN2C(=O)CCc1ccccc1Br. The topological polar surface area (TPSA) is 46.3 Å². The van der Waals surface area contributed by atoms with Gasteiger partial charge in [-0.3, -0.25) is 4.79 Å². The van der Waals surface area contributed by atoms with Crippen LogP contribution in [0.4, 0.5) is 11.4 Å². The van der Waals surface area contributed by atoms with Gasteiger partial charge in [0.1, 0.15) is 0 Å². The second-order valence-electron chi connectivity index (χ2n) is 5.59. The average Bonchev–Trinajstić information content (AvgIpc) is 2.54. The number of carbonyl (C=O) groups excluding carboxylic acids is 1. The van der Waals surface area contributed by atoms with Crippen molar-refractivity contribution >= 4 is 33.2 Å². The molecule has 0 unspecified atom stereocenters. The van der Waals surface area contributed by atoms with Crippen molar-refractivity contribution in [1.29, 1.82) is 0 Å². The summed E-state index contributed by atoms with van der Waals surface area (Å²) < 4.78 is 1.06. The molecule has 0 bridgehead atoms. The predicted octanol–water partition coefficient (Wildman–Crippen LogP) is 3.94. The van der Waals surface area contributed by atoms with Crippen molar-refractivity contribution in [2.75, 3.05) is 17.2 Å². The van der Waals surface area contributed by atoms with Crippen LogP contribution in [-0.2, 0) is 17.6 Å². The van der Waals surface area contributed by atoms with Crippen LogP contribution in [0.2, 0.25) is 0 Å². The summed E-state index contributed by atoms with van der Waals surface area (Å²) in [7, 11) is 0. The van der Waals surface area contributed by atoms with Gasteiger partial charge in [-0.25, -0.2) is 0 Å². The fourth-order valence-electron chi connectivity index (χ4n) is 2.99. The molecule has 0 fully saturated rings. The fraction of sp³-hybridized carbons (Fsp3) is 0.278. The number of benzene rings is 2. The Bertz CT molecular complexity index is 699. The van der Waals surface area contributed by atoms with Crippen LogP contribution in [0.5, 0.6) is 0 Å². The van der Waals surface area contributed by atoms with Gasteiger partial charge < -0.3 is 10.6 Å². The summed E-state index contributed by atoms with van der Waals surface area (Å²) in [5.41, 5.74) is 10.1. The van der Waals surface area contributed by atoms with E-state index in [1.54, 1.807) is 0 Å². The lowest BCUT2D eigenvalue weighted by Gasteiger charge is -2.30. The van der Waals surface area contributed by atoms with Gasteiger partial charge >= 0.3 is 0 Å². The summed E-state index contributed by atoms with van der Waals surface area (Å²) in [6.07, 6.45) is 3.18. The Morgan fingerprint density at radius 3 is 2.82 bits per heavy atom. The molecule has 114 valence electrons. The summed E-state index contributed by atoms with van der Waals surface area (Å²) in [6, 6.07) is 13.9. The van der Waals surface area contributed by atoms with Gasteiger partial charge in [-0.1, -0.05) is 40.2 Å². The zero-order valence-electron chi connectivity index (χ0n) is 12.4. The molecule has 2 aromatic carbocycles. The molecule has 0 spiro atoms. The quantitative estimate of drug-likeness (QED) is 0.844. The van der Waals surface area contributed by atoms with Gasteiger partial charge in [0.25, 0.3) is 0 Å². The van der Waals surface area contributed by atoms with E-state index < -0.39 is 0 Å². The normalized spacial score (nSPS) is 13.8. The number of amides is 1. The Balaban J connectivity index is 1.74. The van der Waals surface area contributed by atoms with E-state index in [2.05, 4.69) is 22.0 Å². The van der Waals surface area contributed by atoms with E-state index in [-0.39, 0.29) is 5.91 Å². The lowest BCUT2D eigenvalue weighted by Crippen LogP contribution is -2.35. The number of nitrogens with two attached hydrogens (primary N) is 1. The molecule has 1 aliphatic rings. The zero-order chi connectivity index (χ0) is 15.5. The molecule has 1 aliphatic heterocycles. The zero-order valence-corrected chi connectivity index (χ0v) is 14.0. The summed E-state index contributed by atoms with van der Waals surface area (Å²) >= 11 is 3.54. The first-order valence-electron chi connectivity index (χ1n) is 7.58. The minimum absolute atomic E-state index is 0.169. The molecule has 3 rings (SSSR count). The molecule has 2 N–H and O–H groups in total. The highest BCUT2D eigenvalue weighted by molar-refractivity contribution is 9.10. The maximum atomic E-state index is 12.6. The molecule has 0 saturated carbocycles. The van der Waals surface area contributed by atoms with E-state index in [1.807, 2.05) is 41.3 Å². The van der Waals surface area contributed by atoms with Gasteiger partial charge in [0.2, 0.25) is 5.91 Å². The first kappa shape index (κ1) is 15.1. The van der Waals surface area contributed by atoms with Gasteiger partial charge in [0.15, 0.2) is 0 Å². The molecule has 0 saturated heterocycles. The largest absolute Gasteiger partial charge is 0.398 e. The summed E-state index contributed by atoms with van der Waals surface area (Å²) in [5, 5.41) is 0. The van der Waals surface area contributed by atoms with Crippen LogP contribution in [0.25, 0.3) is 0 Å². The van der Waals surface area contributed by atoms with Gasteiger partial charge in [-0.05, 0) is 48.6 Å². The lowest BCUT2D eigenvalue weighted by molar-refractivity contribution is -0.118. The molecule has 0 aliphatic carbocycles. The maximum Gasteiger partial charge on any atom is 0.227 e. The van der Waals surface area contributed by atoms with Crippen LogP contribution in [0.3, 0.4) is 0 Å². The predicted molar refractivity (Wildman–Crippen MR) is 94.0 cm³/mol. The van der Waals surface area contributed by atoms with Crippen molar-refractivity contribution in [2.24, 2.45) is 0 Å². The van der Waals surface area contributed by atoms with Crippen LogP contribution < -0.4 is 10.6 Å². The van der Waals surface area contributed by atoms with E-state index in [1.165, 1.54) is 5.56 Å². The first-order chi connectivity index (χ1) is 10.7. The molecule has 3 nitrogen and oxygen atoms in total. The summed E-state index contributed by atoms with van der Waals surface area (Å²) in [5.74, 6) is 0.169. The monoisotopic (exact) mass is 358 g/mol. The second-order valence-corrected chi connectivity index (χ2v) is 6.44. The summed E-state index contributed by atoms with van der Waals surface area (Å²) in [6.45, 7) is 0.783. The lowest BCUT2D eigenvalue weighted by atomic mass is 9.99. The smallest absolute Gasteiger partial charge is 0.227 e. The number of hydrogen-bond acceptors (Lipinski definition) is 2. The highest BCUT2D eigenvalue weighted by atomic mass is 79.9. The number of hydrogen-bond donors (Lipinski definition) is 1. The Morgan fingerprint density at radius 2 is 2.00 bits per heavy atom. The fourth-order valence-corrected chi connectivity index (χ4v) is 3.47. The molecule has 0 aromatic heterocycles. The second kappa shape index (κ2) is 6.53. The number of aryl methyl sites for hydroxylation is 1. The number of nitrogens with zero attached hydrogens (tertiary/aromatic N) is 1. The molecule has 2 aromatic rings. The van der Waals surface area contributed by atoms with Crippen LogP contribution in [0, 0.1) is 0 Å². The van der Waals surface area contributed by atoms with Gasteiger partial charge in [0.05, 0.1) is 0 Å². The third-order valence-corrected chi connectivity index (χ3v) is 4.93. The molecule has 1 heterocycles. The number of rotatable bonds is 3. The van der Waals surface area contributed by atoms with Crippen molar-refractivity contribution < 1.29 is 4.79 Å². The number of fused-ring (bicyclic) bond motifs is 1. The standard InChI is InChI=1S/C18H19BrN2O/c19-15-7-2-1-5-13(15)10-11-18(22)21-12-4-6-14-16(20)8-3-9-17(14)21/h1-3,5,7-9H,4,6,10-12,20H2. The van der Waals surface area contributed by atoms with E-state index in [0.717, 1.165) is 47.2 Å². The van der Waals surface area contributed by atoms with E-state index >= 15 is 0 Å². The van der Waals surface area contributed by atoms with Gasteiger partial charge in [-0.2, -0.15) is 0 Å². The number of anilines is 2. The highest BCUT2D eigenvalue weighted by Gasteiger charge is 2.23. The third-order valence-electron chi connectivity index (χ3n) is 4.15. The number of nitrogen functional groups attached to an aromatic ring is 1.